The van der Waals surface area contributed by atoms with Crippen molar-refractivity contribution in [2.75, 3.05) is 46.7 Å². The van der Waals surface area contributed by atoms with Gasteiger partial charge in [0.1, 0.15) is 23.1 Å². The molecule has 1 heterocycles. The Morgan fingerprint density at radius 2 is 1.96 bits per heavy atom. The fourth-order valence-corrected chi connectivity index (χ4v) is 2.91. The lowest BCUT2D eigenvalue weighted by Crippen LogP contribution is -2.38. The zero-order valence-corrected chi connectivity index (χ0v) is 15.8. The summed E-state index contributed by atoms with van der Waals surface area (Å²) in [4.78, 5) is 4.29. The van der Waals surface area contributed by atoms with Gasteiger partial charge in [0.25, 0.3) is 10.2 Å². The molecule has 0 spiro atoms. The lowest BCUT2D eigenvalue weighted by molar-refractivity contribution is 0.397. The molecule has 0 saturated carbocycles. The highest BCUT2D eigenvalue weighted by molar-refractivity contribution is 7.87. The predicted octanol–water partition coefficient (Wildman–Crippen LogP) is 0.932. The van der Waals surface area contributed by atoms with Gasteiger partial charge in [-0.15, -0.1) is 0 Å². The third-order valence-electron chi connectivity index (χ3n) is 3.68. The van der Waals surface area contributed by atoms with E-state index >= 15 is 0 Å². The molecule has 0 aliphatic heterocycles. The van der Waals surface area contributed by atoms with Crippen LogP contribution >= 0.6 is 0 Å². The summed E-state index contributed by atoms with van der Waals surface area (Å²) in [7, 11) is 2.44. The minimum atomic E-state index is -3.51. The first-order valence-corrected chi connectivity index (χ1v) is 9.14. The van der Waals surface area contributed by atoms with Crippen molar-refractivity contribution >= 4 is 26.8 Å². The van der Waals surface area contributed by atoms with Crippen LogP contribution in [0.15, 0.2) is 18.3 Å². The van der Waals surface area contributed by atoms with Crippen LogP contribution in [-0.4, -0.2) is 59.1 Å². The van der Waals surface area contributed by atoms with Gasteiger partial charge in [-0.05, 0) is 6.07 Å². The first-order valence-electron chi connectivity index (χ1n) is 7.70. The van der Waals surface area contributed by atoms with E-state index in [0.717, 1.165) is 4.31 Å². The molecular formula is C16H21N5O4S. The Hall–Kier alpha value is -2.61. The van der Waals surface area contributed by atoms with E-state index in [4.69, 9.17) is 9.47 Å². The molecule has 0 fully saturated rings. The lowest BCUT2D eigenvalue weighted by atomic mass is 10.1. The summed E-state index contributed by atoms with van der Waals surface area (Å²) in [5, 5.41) is 13.1. The van der Waals surface area contributed by atoms with Gasteiger partial charge in [-0.2, -0.15) is 18.0 Å². The van der Waals surface area contributed by atoms with E-state index < -0.39 is 10.2 Å². The molecular weight excluding hydrogens is 358 g/mol. The summed E-state index contributed by atoms with van der Waals surface area (Å²) >= 11 is 0. The Labute approximate surface area is 152 Å². The molecule has 1 aromatic carbocycles. The number of hydrogen-bond donors (Lipinski definition) is 2. The molecule has 140 valence electrons. The zero-order chi connectivity index (χ0) is 19.3. The van der Waals surface area contributed by atoms with Gasteiger partial charge in [0.2, 0.25) is 0 Å². The molecule has 2 N–H and O–H groups in total. The SMILES string of the molecule is COc1cc(OC)c2ncc(C#N)c(NCCNS(=O)(=O)N(C)C)c2c1. The van der Waals surface area contributed by atoms with E-state index in [0.29, 0.717) is 33.7 Å². The largest absolute Gasteiger partial charge is 0.497 e. The van der Waals surface area contributed by atoms with E-state index in [2.05, 4.69) is 21.1 Å². The molecule has 1 aromatic heterocycles. The number of hydrogen-bond acceptors (Lipinski definition) is 7. The maximum absolute atomic E-state index is 11.7. The quantitative estimate of drug-likeness (QED) is 0.655. The maximum atomic E-state index is 11.7. The Kier molecular flexibility index (Phi) is 6.20. The Bertz CT molecular complexity index is 938. The van der Waals surface area contributed by atoms with E-state index in [1.807, 2.05) is 0 Å². The van der Waals surface area contributed by atoms with E-state index in [-0.39, 0.29) is 13.1 Å². The molecule has 0 amide bonds. The Morgan fingerprint density at radius 3 is 2.54 bits per heavy atom. The number of ether oxygens (including phenoxy) is 2. The Balaban J connectivity index is 2.34. The second kappa shape index (κ2) is 8.18. The molecule has 2 aromatic rings. The van der Waals surface area contributed by atoms with Gasteiger partial charge in [0, 0.05) is 44.8 Å². The predicted molar refractivity (Wildman–Crippen MR) is 98.7 cm³/mol. The van der Waals surface area contributed by atoms with Crippen LogP contribution in [0.1, 0.15) is 5.56 Å². The molecule has 9 nitrogen and oxygen atoms in total. The summed E-state index contributed by atoms with van der Waals surface area (Å²) < 4.78 is 37.6. The van der Waals surface area contributed by atoms with Crippen molar-refractivity contribution in [1.82, 2.24) is 14.0 Å². The minimum absolute atomic E-state index is 0.149. The molecule has 0 radical (unpaired) electrons. The highest BCUT2D eigenvalue weighted by Gasteiger charge is 2.15. The fraction of sp³-hybridized carbons (Fsp3) is 0.375. The van der Waals surface area contributed by atoms with Crippen molar-refractivity contribution < 1.29 is 17.9 Å². The monoisotopic (exact) mass is 379 g/mol. The molecule has 0 unspecified atom stereocenters. The van der Waals surface area contributed by atoms with Crippen LogP contribution in [0.5, 0.6) is 11.5 Å². The molecule has 10 heteroatoms. The van der Waals surface area contributed by atoms with Gasteiger partial charge in [-0.25, -0.2) is 4.72 Å². The number of pyridine rings is 1. The molecule has 2 rings (SSSR count). The van der Waals surface area contributed by atoms with Crippen LogP contribution in [0, 0.1) is 11.3 Å². The van der Waals surface area contributed by atoms with Gasteiger partial charge in [0.15, 0.2) is 0 Å². The van der Waals surface area contributed by atoms with E-state index in [1.54, 1.807) is 12.1 Å². The topological polar surface area (TPSA) is 117 Å². The third-order valence-corrected chi connectivity index (χ3v) is 5.21. The second-order valence-corrected chi connectivity index (χ2v) is 7.46. The number of rotatable bonds is 8. The van der Waals surface area contributed by atoms with Crippen LogP contribution in [-0.2, 0) is 10.2 Å². The molecule has 0 aliphatic rings. The van der Waals surface area contributed by atoms with Crippen LogP contribution in [0.2, 0.25) is 0 Å². The Morgan fingerprint density at radius 1 is 1.23 bits per heavy atom. The number of nitrogens with zero attached hydrogens (tertiary/aromatic N) is 3. The summed E-state index contributed by atoms with van der Waals surface area (Å²) in [5.41, 5.74) is 1.45. The highest BCUT2D eigenvalue weighted by atomic mass is 32.2. The normalized spacial score (nSPS) is 11.4. The fourth-order valence-electron chi connectivity index (χ4n) is 2.29. The molecule has 0 saturated heterocycles. The third kappa shape index (κ3) is 4.13. The summed E-state index contributed by atoms with van der Waals surface area (Å²) in [6.45, 7) is 0.427. The second-order valence-electron chi connectivity index (χ2n) is 5.49. The van der Waals surface area contributed by atoms with E-state index in [9.17, 15) is 13.7 Å². The van der Waals surface area contributed by atoms with Gasteiger partial charge in [-0.1, -0.05) is 0 Å². The van der Waals surface area contributed by atoms with Crippen molar-refractivity contribution in [3.8, 4) is 17.6 Å². The van der Waals surface area contributed by atoms with Crippen molar-refractivity contribution in [2.24, 2.45) is 0 Å². The van der Waals surface area contributed by atoms with Gasteiger partial charge >= 0.3 is 0 Å². The number of nitriles is 1. The number of methoxy groups -OCH3 is 2. The van der Waals surface area contributed by atoms with Crippen LogP contribution in [0.3, 0.4) is 0 Å². The molecule has 0 bridgehead atoms. The average molecular weight is 379 g/mol. The minimum Gasteiger partial charge on any atom is -0.497 e. The van der Waals surface area contributed by atoms with Gasteiger partial charge < -0.3 is 14.8 Å². The highest BCUT2D eigenvalue weighted by Crippen LogP contribution is 2.35. The first kappa shape index (κ1) is 19.7. The van der Waals surface area contributed by atoms with Crippen LogP contribution in [0.4, 0.5) is 5.69 Å². The van der Waals surface area contributed by atoms with E-state index in [1.165, 1.54) is 34.5 Å². The molecule has 26 heavy (non-hydrogen) atoms. The van der Waals surface area contributed by atoms with Crippen LogP contribution < -0.4 is 19.5 Å². The number of aromatic nitrogens is 1. The standard InChI is InChI=1S/C16H21N5O4S/c1-21(2)26(22,23)20-6-5-18-15-11(9-17)10-19-16-13(15)7-12(24-3)8-14(16)25-4/h7-8,10,20H,5-6H2,1-4H3,(H,18,19). The lowest BCUT2D eigenvalue weighted by Gasteiger charge is -2.15. The average Bonchev–Trinajstić information content (AvgIpc) is 2.63. The maximum Gasteiger partial charge on any atom is 0.278 e. The van der Waals surface area contributed by atoms with Crippen molar-refractivity contribution in [1.29, 1.82) is 5.26 Å². The number of benzene rings is 1. The zero-order valence-electron chi connectivity index (χ0n) is 15.0. The smallest absolute Gasteiger partial charge is 0.278 e. The number of fused-ring (bicyclic) bond motifs is 1. The summed E-state index contributed by atoms with van der Waals surface area (Å²) in [6.07, 6.45) is 1.45. The van der Waals surface area contributed by atoms with Crippen molar-refractivity contribution in [2.45, 2.75) is 0 Å². The van der Waals surface area contributed by atoms with Gasteiger partial charge in [-0.3, -0.25) is 4.98 Å². The first-order chi connectivity index (χ1) is 12.3. The molecule has 0 aliphatic carbocycles. The van der Waals surface area contributed by atoms with Crippen molar-refractivity contribution in [3.63, 3.8) is 0 Å². The van der Waals surface area contributed by atoms with Crippen molar-refractivity contribution in [3.05, 3.63) is 23.9 Å². The number of anilines is 1. The molecule has 0 atom stereocenters. The van der Waals surface area contributed by atoms with Crippen LogP contribution in [0.25, 0.3) is 10.9 Å². The van der Waals surface area contributed by atoms with Gasteiger partial charge in [0.05, 0.1) is 25.5 Å². The summed E-state index contributed by atoms with van der Waals surface area (Å²) in [5.74, 6) is 1.07. The number of nitrogens with one attached hydrogen (secondary N) is 2. The summed E-state index contributed by atoms with van der Waals surface area (Å²) in [6, 6.07) is 5.54.